The average molecular weight is 428 g/mol. The van der Waals surface area contributed by atoms with E-state index in [-0.39, 0.29) is 11.7 Å². The maximum absolute atomic E-state index is 12.4. The maximum atomic E-state index is 12.4. The molecule has 0 aromatic carbocycles. The van der Waals surface area contributed by atoms with E-state index >= 15 is 0 Å². The van der Waals surface area contributed by atoms with Crippen molar-refractivity contribution in [3.05, 3.63) is 11.7 Å². The topological polar surface area (TPSA) is 99.8 Å². The summed E-state index contributed by atoms with van der Waals surface area (Å²) >= 11 is 0. The zero-order valence-corrected chi connectivity index (χ0v) is 18.4. The van der Waals surface area contributed by atoms with Gasteiger partial charge in [0.05, 0.1) is 12.3 Å². The number of piperazine rings is 1. The first kappa shape index (κ1) is 22.2. The molecule has 0 bridgehead atoms. The Morgan fingerprint density at radius 3 is 2.52 bits per heavy atom. The predicted molar refractivity (Wildman–Crippen MR) is 109 cm³/mol. The highest BCUT2D eigenvalue weighted by Gasteiger charge is 2.26. The summed E-state index contributed by atoms with van der Waals surface area (Å²) in [5.41, 5.74) is 0. The van der Waals surface area contributed by atoms with E-state index in [4.69, 9.17) is 4.52 Å². The quantitative estimate of drug-likeness (QED) is 0.616. The molecule has 3 rings (SSSR count). The van der Waals surface area contributed by atoms with Gasteiger partial charge < -0.3 is 9.42 Å². The molecule has 10 heteroatoms. The van der Waals surface area contributed by atoms with E-state index in [0.29, 0.717) is 63.3 Å². The lowest BCUT2D eigenvalue weighted by Gasteiger charge is -2.32. The summed E-state index contributed by atoms with van der Waals surface area (Å²) in [7, 11) is -1.22. The van der Waals surface area contributed by atoms with Gasteiger partial charge in [-0.15, -0.1) is 0 Å². The first-order valence-corrected chi connectivity index (χ1v) is 12.3. The molecule has 0 radical (unpaired) electrons. The van der Waals surface area contributed by atoms with Crippen molar-refractivity contribution in [1.29, 1.82) is 0 Å². The monoisotopic (exact) mass is 427 g/mol. The second-order valence-electron chi connectivity index (χ2n) is 7.98. The maximum Gasteiger partial charge on any atom is 0.227 e. The number of sulfonamides is 1. The van der Waals surface area contributed by atoms with E-state index in [0.717, 1.165) is 12.8 Å². The fourth-order valence-corrected chi connectivity index (χ4v) is 5.15. The number of rotatable bonds is 8. The number of aromatic nitrogens is 2. The molecule has 0 unspecified atom stereocenters. The van der Waals surface area contributed by atoms with Crippen molar-refractivity contribution >= 4 is 15.9 Å². The van der Waals surface area contributed by atoms with Gasteiger partial charge in [0.1, 0.15) is 0 Å². The van der Waals surface area contributed by atoms with Gasteiger partial charge in [0.2, 0.25) is 21.8 Å². The van der Waals surface area contributed by atoms with E-state index in [1.54, 1.807) is 11.2 Å². The predicted octanol–water partition coefficient (Wildman–Crippen LogP) is 1.26. The minimum atomic E-state index is -3.12. The van der Waals surface area contributed by atoms with Gasteiger partial charge in [-0.3, -0.25) is 9.69 Å². The molecule has 2 fully saturated rings. The van der Waals surface area contributed by atoms with Crippen LogP contribution in [0, 0.1) is 0 Å². The third-order valence-corrected chi connectivity index (χ3v) is 7.91. The van der Waals surface area contributed by atoms with Crippen LogP contribution in [-0.2, 0) is 27.8 Å². The van der Waals surface area contributed by atoms with Crippen LogP contribution in [0.5, 0.6) is 0 Å². The van der Waals surface area contributed by atoms with E-state index < -0.39 is 10.0 Å². The fraction of sp³-hybridized carbons (Fsp3) is 0.842. The van der Waals surface area contributed by atoms with Crippen molar-refractivity contribution in [2.24, 2.45) is 0 Å². The van der Waals surface area contributed by atoms with Crippen molar-refractivity contribution < 1.29 is 17.7 Å². The number of nitrogens with zero attached hydrogens (tertiary/aromatic N) is 5. The van der Waals surface area contributed by atoms with Gasteiger partial charge in [0.25, 0.3) is 0 Å². The SMILES string of the molecule is CCS(=O)(=O)N1CCN(Cc2noc(CCC(=O)N(C)C3CCCCC3)n2)CC1. The molecule has 1 aliphatic heterocycles. The number of carbonyl (C=O) groups is 1. The molecule has 164 valence electrons. The average Bonchev–Trinajstić information content (AvgIpc) is 3.19. The normalized spacial score (nSPS) is 20.1. The molecule has 9 nitrogen and oxygen atoms in total. The summed E-state index contributed by atoms with van der Waals surface area (Å²) in [6.45, 7) is 4.47. The third-order valence-electron chi connectivity index (χ3n) is 6.03. The molecule has 1 saturated carbocycles. The standard InChI is InChI=1S/C19H33N5O4S/c1-3-29(26,27)24-13-11-23(12-14-24)15-17-20-18(28-21-17)9-10-19(25)22(2)16-7-5-4-6-8-16/h16H,3-15H2,1-2H3. The molecule has 1 aliphatic carbocycles. The first-order valence-electron chi connectivity index (χ1n) is 10.7. The molecule has 1 saturated heterocycles. The van der Waals surface area contributed by atoms with Gasteiger partial charge in [-0.25, -0.2) is 8.42 Å². The van der Waals surface area contributed by atoms with Gasteiger partial charge in [-0.05, 0) is 19.8 Å². The van der Waals surface area contributed by atoms with Crippen LogP contribution >= 0.6 is 0 Å². The Labute approximate surface area is 173 Å². The molecule has 2 heterocycles. The van der Waals surface area contributed by atoms with Crippen molar-refractivity contribution in [1.82, 2.24) is 24.2 Å². The molecule has 2 aliphatic rings. The van der Waals surface area contributed by atoms with Crippen LogP contribution in [-0.4, -0.2) is 83.6 Å². The molecule has 0 N–H and O–H groups in total. The van der Waals surface area contributed by atoms with Gasteiger partial charge >= 0.3 is 0 Å². The summed E-state index contributed by atoms with van der Waals surface area (Å²) in [4.78, 5) is 20.9. The molecule has 1 aromatic rings. The molecule has 0 atom stereocenters. The van der Waals surface area contributed by atoms with Gasteiger partial charge in [0.15, 0.2) is 5.82 Å². The van der Waals surface area contributed by atoms with Crippen LogP contribution in [0.25, 0.3) is 0 Å². The first-order chi connectivity index (χ1) is 13.9. The van der Waals surface area contributed by atoms with Gasteiger partial charge in [0, 0.05) is 52.1 Å². The molecular weight excluding hydrogens is 394 g/mol. The summed E-state index contributed by atoms with van der Waals surface area (Å²) in [6.07, 6.45) is 6.70. The Balaban J connectivity index is 1.42. The zero-order chi connectivity index (χ0) is 20.9. The van der Waals surface area contributed by atoms with Crippen LogP contribution in [0.15, 0.2) is 4.52 Å². The van der Waals surface area contributed by atoms with Crippen molar-refractivity contribution in [3.8, 4) is 0 Å². The second kappa shape index (κ2) is 9.99. The molecule has 1 amide bonds. The molecule has 1 aromatic heterocycles. The number of hydrogen-bond acceptors (Lipinski definition) is 7. The second-order valence-corrected chi connectivity index (χ2v) is 10.2. The molecule has 29 heavy (non-hydrogen) atoms. The highest BCUT2D eigenvalue weighted by molar-refractivity contribution is 7.89. The van der Waals surface area contributed by atoms with Gasteiger partial charge in [-0.1, -0.05) is 24.4 Å². The van der Waals surface area contributed by atoms with Crippen molar-refractivity contribution in [3.63, 3.8) is 0 Å². The Morgan fingerprint density at radius 2 is 1.86 bits per heavy atom. The van der Waals surface area contributed by atoms with Crippen LogP contribution in [0.3, 0.4) is 0 Å². The number of hydrogen-bond donors (Lipinski definition) is 0. The van der Waals surface area contributed by atoms with Crippen LogP contribution in [0.2, 0.25) is 0 Å². The minimum absolute atomic E-state index is 0.130. The lowest BCUT2D eigenvalue weighted by molar-refractivity contribution is -0.132. The van der Waals surface area contributed by atoms with Crippen LogP contribution in [0.4, 0.5) is 0 Å². The molecular formula is C19H33N5O4S. The summed E-state index contributed by atoms with van der Waals surface area (Å²) < 4.78 is 30.7. The lowest BCUT2D eigenvalue weighted by atomic mass is 9.94. The van der Waals surface area contributed by atoms with Crippen LogP contribution in [0.1, 0.15) is 57.2 Å². The van der Waals surface area contributed by atoms with E-state index in [9.17, 15) is 13.2 Å². The Kier molecular flexibility index (Phi) is 7.64. The highest BCUT2D eigenvalue weighted by atomic mass is 32.2. The number of aryl methyl sites for hydroxylation is 1. The number of carbonyl (C=O) groups excluding carboxylic acids is 1. The Hall–Kier alpha value is -1.52. The summed E-state index contributed by atoms with van der Waals surface area (Å²) in [5, 5.41) is 4.02. The fourth-order valence-electron chi connectivity index (χ4n) is 4.07. The third kappa shape index (κ3) is 5.99. The lowest BCUT2D eigenvalue weighted by Crippen LogP contribution is -2.48. The Bertz CT molecular complexity index is 767. The van der Waals surface area contributed by atoms with Crippen molar-refractivity contribution in [2.75, 3.05) is 39.0 Å². The zero-order valence-electron chi connectivity index (χ0n) is 17.5. The van der Waals surface area contributed by atoms with Gasteiger partial charge in [-0.2, -0.15) is 9.29 Å². The van der Waals surface area contributed by atoms with E-state index in [1.807, 2.05) is 11.9 Å². The number of amides is 1. The highest BCUT2D eigenvalue weighted by Crippen LogP contribution is 2.22. The summed E-state index contributed by atoms with van der Waals surface area (Å²) in [6, 6.07) is 0.365. The van der Waals surface area contributed by atoms with Crippen molar-refractivity contribution in [2.45, 2.75) is 64.5 Å². The largest absolute Gasteiger partial charge is 0.343 e. The minimum Gasteiger partial charge on any atom is -0.343 e. The Morgan fingerprint density at radius 1 is 1.17 bits per heavy atom. The van der Waals surface area contributed by atoms with Crippen LogP contribution < -0.4 is 0 Å². The smallest absolute Gasteiger partial charge is 0.227 e. The molecule has 0 spiro atoms. The van der Waals surface area contributed by atoms with E-state index in [2.05, 4.69) is 15.0 Å². The summed E-state index contributed by atoms with van der Waals surface area (Å²) in [5.74, 6) is 1.33. The van der Waals surface area contributed by atoms with E-state index in [1.165, 1.54) is 19.3 Å².